The Morgan fingerprint density at radius 2 is 2.31 bits per heavy atom. The van der Waals surface area contributed by atoms with E-state index >= 15 is 0 Å². The summed E-state index contributed by atoms with van der Waals surface area (Å²) in [6.45, 7) is 1.69. The maximum absolute atomic E-state index is 12.0. The molecule has 0 spiro atoms. The van der Waals surface area contributed by atoms with E-state index in [1.165, 1.54) is 0 Å². The van der Waals surface area contributed by atoms with Crippen molar-refractivity contribution in [1.82, 2.24) is 10.2 Å². The van der Waals surface area contributed by atoms with Gasteiger partial charge in [-0.05, 0) is 18.2 Å². The molecule has 0 aromatic heterocycles. The first-order valence-electron chi connectivity index (χ1n) is 5.20. The van der Waals surface area contributed by atoms with Crippen LogP contribution in [-0.2, 0) is 0 Å². The normalized spacial score (nSPS) is 15.0. The Bertz CT molecular complexity index is 446. The van der Waals surface area contributed by atoms with Gasteiger partial charge in [0, 0.05) is 25.7 Å². The Morgan fingerprint density at radius 3 is 2.88 bits per heavy atom. The van der Waals surface area contributed by atoms with Crippen molar-refractivity contribution in [2.24, 2.45) is 0 Å². The Labute approximate surface area is 94.5 Å². The lowest BCUT2D eigenvalue weighted by atomic mass is 10.1. The molecule has 0 bridgehead atoms. The van der Waals surface area contributed by atoms with Crippen molar-refractivity contribution in [3.8, 4) is 6.07 Å². The highest BCUT2D eigenvalue weighted by atomic mass is 16.2. The number of nitrogens with one attached hydrogen (secondary N) is 1. The number of hydrogen-bond acceptors (Lipinski definition) is 3. The Hall–Kier alpha value is -1.86. The molecule has 1 aliphatic heterocycles. The van der Waals surface area contributed by atoms with Gasteiger partial charge in [0.15, 0.2) is 0 Å². The fraction of sp³-hybridized carbons (Fsp3) is 0.333. The zero-order chi connectivity index (χ0) is 11.5. The molecule has 1 aromatic carbocycles. The molecule has 82 valence electrons. The third kappa shape index (κ3) is 1.90. The van der Waals surface area contributed by atoms with E-state index in [2.05, 4.69) is 5.32 Å². The second-order valence-corrected chi connectivity index (χ2v) is 3.92. The summed E-state index contributed by atoms with van der Waals surface area (Å²) in [6, 6.07) is 9.11. The number of amides is 1. The Kier molecular flexibility index (Phi) is 2.88. The molecular formula is C12H13N3O. The molecule has 0 atom stereocenters. The SMILES string of the molecule is CN(C(=O)c1cccc(C#N)c1)C1CNC1. The van der Waals surface area contributed by atoms with Gasteiger partial charge in [0.25, 0.3) is 5.91 Å². The number of likely N-dealkylation sites (N-methyl/N-ethyl adjacent to an activating group) is 1. The molecule has 1 aliphatic rings. The van der Waals surface area contributed by atoms with Crippen LogP contribution in [0, 0.1) is 11.3 Å². The number of rotatable bonds is 2. The number of nitrogens with zero attached hydrogens (tertiary/aromatic N) is 2. The van der Waals surface area contributed by atoms with E-state index in [1.807, 2.05) is 6.07 Å². The maximum atomic E-state index is 12.0. The van der Waals surface area contributed by atoms with Gasteiger partial charge in [-0.15, -0.1) is 0 Å². The molecule has 1 amide bonds. The van der Waals surface area contributed by atoms with Crippen LogP contribution in [0.25, 0.3) is 0 Å². The van der Waals surface area contributed by atoms with Gasteiger partial charge >= 0.3 is 0 Å². The van der Waals surface area contributed by atoms with E-state index in [0.717, 1.165) is 13.1 Å². The average Bonchev–Trinajstić information content (AvgIpc) is 2.25. The molecule has 1 heterocycles. The fourth-order valence-corrected chi connectivity index (χ4v) is 1.64. The summed E-state index contributed by atoms with van der Waals surface area (Å²) in [5.74, 6) is -0.0244. The predicted molar refractivity (Wildman–Crippen MR) is 59.9 cm³/mol. The summed E-state index contributed by atoms with van der Waals surface area (Å²) in [4.78, 5) is 13.8. The highest BCUT2D eigenvalue weighted by Crippen LogP contribution is 2.10. The number of nitriles is 1. The third-order valence-electron chi connectivity index (χ3n) is 2.87. The van der Waals surface area contributed by atoms with E-state index < -0.39 is 0 Å². The first-order chi connectivity index (χ1) is 7.72. The summed E-state index contributed by atoms with van der Waals surface area (Å²) in [6.07, 6.45) is 0. The van der Waals surface area contributed by atoms with Gasteiger partial charge in [0.05, 0.1) is 17.7 Å². The van der Waals surface area contributed by atoms with E-state index in [9.17, 15) is 4.79 Å². The van der Waals surface area contributed by atoms with E-state index in [1.54, 1.807) is 36.2 Å². The highest BCUT2D eigenvalue weighted by Gasteiger charge is 2.25. The zero-order valence-corrected chi connectivity index (χ0v) is 9.10. The van der Waals surface area contributed by atoms with Crippen molar-refractivity contribution in [3.05, 3.63) is 35.4 Å². The third-order valence-corrected chi connectivity index (χ3v) is 2.87. The van der Waals surface area contributed by atoms with E-state index in [0.29, 0.717) is 11.1 Å². The second kappa shape index (κ2) is 4.33. The van der Waals surface area contributed by atoms with Crippen LogP contribution in [0.15, 0.2) is 24.3 Å². The predicted octanol–water partition coefficient (Wildman–Crippen LogP) is 0.602. The van der Waals surface area contributed by atoms with Gasteiger partial charge in [-0.1, -0.05) is 6.07 Å². The minimum atomic E-state index is -0.0244. The lowest BCUT2D eigenvalue weighted by Crippen LogP contribution is -2.57. The molecule has 0 aliphatic carbocycles. The average molecular weight is 215 g/mol. The molecule has 0 saturated carbocycles. The maximum Gasteiger partial charge on any atom is 0.253 e. The van der Waals surface area contributed by atoms with Crippen LogP contribution in [0.5, 0.6) is 0 Å². The Morgan fingerprint density at radius 1 is 1.56 bits per heavy atom. The molecular weight excluding hydrogens is 202 g/mol. The van der Waals surface area contributed by atoms with Crippen LogP contribution in [-0.4, -0.2) is 37.0 Å². The van der Waals surface area contributed by atoms with Crippen LogP contribution in [0.3, 0.4) is 0 Å². The molecule has 16 heavy (non-hydrogen) atoms. The van der Waals surface area contributed by atoms with Crippen molar-refractivity contribution in [2.45, 2.75) is 6.04 Å². The summed E-state index contributed by atoms with van der Waals surface area (Å²) >= 11 is 0. The topological polar surface area (TPSA) is 56.1 Å². The molecule has 2 rings (SSSR count). The van der Waals surface area contributed by atoms with Gasteiger partial charge in [-0.3, -0.25) is 4.79 Å². The van der Waals surface area contributed by atoms with Gasteiger partial charge in [0.1, 0.15) is 0 Å². The highest BCUT2D eigenvalue weighted by molar-refractivity contribution is 5.94. The van der Waals surface area contributed by atoms with Crippen molar-refractivity contribution in [2.75, 3.05) is 20.1 Å². The first kappa shape index (κ1) is 10.7. The zero-order valence-electron chi connectivity index (χ0n) is 9.10. The summed E-state index contributed by atoms with van der Waals surface area (Å²) in [5.41, 5.74) is 1.10. The number of carbonyl (C=O) groups is 1. The fourth-order valence-electron chi connectivity index (χ4n) is 1.64. The molecule has 0 radical (unpaired) electrons. The van der Waals surface area contributed by atoms with Gasteiger partial charge in [-0.25, -0.2) is 0 Å². The lowest BCUT2D eigenvalue weighted by molar-refractivity contribution is 0.0681. The molecule has 1 fully saturated rings. The Balaban J connectivity index is 2.16. The molecule has 4 heteroatoms. The molecule has 1 N–H and O–H groups in total. The van der Waals surface area contributed by atoms with Gasteiger partial charge < -0.3 is 10.2 Å². The molecule has 4 nitrogen and oxygen atoms in total. The minimum Gasteiger partial charge on any atom is -0.336 e. The molecule has 1 saturated heterocycles. The van der Waals surface area contributed by atoms with Gasteiger partial charge in [-0.2, -0.15) is 5.26 Å². The van der Waals surface area contributed by atoms with Crippen LogP contribution >= 0.6 is 0 Å². The summed E-state index contributed by atoms with van der Waals surface area (Å²) in [5, 5.41) is 11.9. The van der Waals surface area contributed by atoms with E-state index in [4.69, 9.17) is 5.26 Å². The van der Waals surface area contributed by atoms with Crippen LogP contribution in [0.2, 0.25) is 0 Å². The molecule has 1 aromatic rings. The van der Waals surface area contributed by atoms with E-state index in [-0.39, 0.29) is 11.9 Å². The molecule has 0 unspecified atom stereocenters. The van der Waals surface area contributed by atoms with Crippen LogP contribution < -0.4 is 5.32 Å². The number of benzene rings is 1. The monoisotopic (exact) mass is 215 g/mol. The second-order valence-electron chi connectivity index (χ2n) is 3.92. The van der Waals surface area contributed by atoms with Crippen molar-refractivity contribution >= 4 is 5.91 Å². The van der Waals surface area contributed by atoms with Crippen LogP contribution in [0.1, 0.15) is 15.9 Å². The van der Waals surface area contributed by atoms with Crippen molar-refractivity contribution in [3.63, 3.8) is 0 Å². The quantitative estimate of drug-likeness (QED) is 0.786. The standard InChI is InChI=1S/C12H13N3O/c1-15(11-7-14-8-11)12(16)10-4-2-3-9(5-10)6-13/h2-5,11,14H,7-8H2,1H3. The number of carbonyl (C=O) groups excluding carboxylic acids is 1. The summed E-state index contributed by atoms with van der Waals surface area (Å²) in [7, 11) is 1.80. The van der Waals surface area contributed by atoms with Crippen molar-refractivity contribution in [1.29, 1.82) is 5.26 Å². The summed E-state index contributed by atoms with van der Waals surface area (Å²) < 4.78 is 0. The number of hydrogen-bond donors (Lipinski definition) is 1. The lowest BCUT2D eigenvalue weighted by Gasteiger charge is -2.35. The van der Waals surface area contributed by atoms with Crippen LogP contribution in [0.4, 0.5) is 0 Å². The van der Waals surface area contributed by atoms with Crippen molar-refractivity contribution < 1.29 is 4.79 Å². The largest absolute Gasteiger partial charge is 0.336 e. The first-order valence-corrected chi connectivity index (χ1v) is 5.20. The van der Waals surface area contributed by atoms with Gasteiger partial charge in [0.2, 0.25) is 0 Å². The minimum absolute atomic E-state index is 0.0244. The smallest absolute Gasteiger partial charge is 0.253 e.